The lowest BCUT2D eigenvalue weighted by atomic mass is 9.94. The summed E-state index contributed by atoms with van der Waals surface area (Å²) in [6.45, 7) is 3.04. The highest BCUT2D eigenvalue weighted by Crippen LogP contribution is 2.25. The largest absolute Gasteiger partial charge is 0.355 e. The van der Waals surface area contributed by atoms with E-state index >= 15 is 0 Å². The van der Waals surface area contributed by atoms with E-state index in [2.05, 4.69) is 10.6 Å². The van der Waals surface area contributed by atoms with Gasteiger partial charge in [0.2, 0.25) is 5.91 Å². The number of thioether (sulfide) groups is 1. The Morgan fingerprint density at radius 2 is 2.06 bits per heavy atom. The molecule has 2 N–H and O–H groups in total. The van der Waals surface area contributed by atoms with Crippen LogP contribution in [0.5, 0.6) is 0 Å². The number of halogens is 1. The fourth-order valence-electron chi connectivity index (χ4n) is 2.45. The van der Waals surface area contributed by atoms with Crippen LogP contribution in [0.4, 0.5) is 0 Å². The van der Waals surface area contributed by atoms with Gasteiger partial charge in [-0.05, 0) is 50.4 Å². The van der Waals surface area contributed by atoms with Crippen LogP contribution in [0.15, 0.2) is 0 Å². The first-order chi connectivity index (χ1) is 7.84. The van der Waals surface area contributed by atoms with Gasteiger partial charge in [-0.25, -0.2) is 0 Å². The Balaban J connectivity index is 0.00000144. The molecule has 0 spiro atoms. The maximum atomic E-state index is 11.7. The van der Waals surface area contributed by atoms with Crippen molar-refractivity contribution >= 4 is 30.1 Å². The Labute approximate surface area is 114 Å². The molecule has 0 aromatic rings. The monoisotopic (exact) mass is 278 g/mol. The smallest absolute Gasteiger partial charge is 0.220 e. The third-order valence-corrected chi connectivity index (χ3v) is 4.88. The predicted octanol–water partition coefficient (Wildman–Crippen LogP) is 1.81. The number of nitrogens with one attached hydrogen (secondary N) is 2. The summed E-state index contributed by atoms with van der Waals surface area (Å²) in [5.74, 6) is 2.14. The van der Waals surface area contributed by atoms with Crippen molar-refractivity contribution in [2.75, 3.05) is 25.4 Å². The third kappa shape index (κ3) is 5.49. The van der Waals surface area contributed by atoms with Gasteiger partial charge < -0.3 is 10.6 Å². The van der Waals surface area contributed by atoms with Gasteiger partial charge >= 0.3 is 0 Å². The molecule has 17 heavy (non-hydrogen) atoms. The van der Waals surface area contributed by atoms with Crippen LogP contribution in [0, 0.1) is 5.92 Å². The van der Waals surface area contributed by atoms with E-state index in [1.54, 1.807) is 0 Å². The van der Waals surface area contributed by atoms with E-state index in [1.165, 1.54) is 18.6 Å². The quantitative estimate of drug-likeness (QED) is 0.824. The van der Waals surface area contributed by atoms with Gasteiger partial charge in [-0.1, -0.05) is 0 Å². The SMILES string of the molecule is Cl.O=C(CC1CCNCC1)NCC1CCCS1. The summed E-state index contributed by atoms with van der Waals surface area (Å²) in [5, 5.41) is 7.10. The van der Waals surface area contributed by atoms with Crippen LogP contribution in [0.3, 0.4) is 0 Å². The van der Waals surface area contributed by atoms with Crippen LogP contribution in [0.25, 0.3) is 0 Å². The maximum absolute atomic E-state index is 11.7. The fraction of sp³-hybridized carbons (Fsp3) is 0.917. The van der Waals surface area contributed by atoms with E-state index < -0.39 is 0 Å². The standard InChI is InChI=1S/C12H22N2OS.ClH/c15-12(8-10-3-5-13-6-4-10)14-9-11-2-1-7-16-11;/h10-11,13H,1-9H2,(H,14,15);1H. The van der Waals surface area contributed by atoms with E-state index in [0.29, 0.717) is 11.2 Å². The maximum Gasteiger partial charge on any atom is 0.220 e. The second-order valence-electron chi connectivity index (χ2n) is 4.84. The molecule has 0 aromatic carbocycles. The highest BCUT2D eigenvalue weighted by molar-refractivity contribution is 8.00. The van der Waals surface area contributed by atoms with Gasteiger partial charge in [-0.2, -0.15) is 11.8 Å². The summed E-state index contributed by atoms with van der Waals surface area (Å²) in [7, 11) is 0. The van der Waals surface area contributed by atoms with Crippen molar-refractivity contribution in [3.63, 3.8) is 0 Å². The van der Waals surface area contributed by atoms with Crippen molar-refractivity contribution in [1.82, 2.24) is 10.6 Å². The molecule has 2 aliphatic rings. The molecule has 1 unspecified atom stereocenters. The molecule has 0 aromatic heterocycles. The van der Waals surface area contributed by atoms with Crippen molar-refractivity contribution in [2.45, 2.75) is 37.4 Å². The molecule has 100 valence electrons. The summed E-state index contributed by atoms with van der Waals surface area (Å²) in [6, 6.07) is 0. The lowest BCUT2D eigenvalue weighted by Crippen LogP contribution is -2.34. The number of amides is 1. The van der Waals surface area contributed by atoms with Crippen LogP contribution in [0.2, 0.25) is 0 Å². The average Bonchev–Trinajstić information content (AvgIpc) is 2.81. The van der Waals surface area contributed by atoms with Gasteiger partial charge in [0.25, 0.3) is 0 Å². The molecule has 2 aliphatic heterocycles. The van der Waals surface area contributed by atoms with Gasteiger partial charge in [-0.15, -0.1) is 12.4 Å². The molecular formula is C12H23ClN2OS. The molecule has 0 radical (unpaired) electrons. The van der Waals surface area contributed by atoms with Crippen LogP contribution in [0.1, 0.15) is 32.1 Å². The molecule has 0 bridgehead atoms. The van der Waals surface area contributed by atoms with Crippen LogP contribution < -0.4 is 10.6 Å². The van der Waals surface area contributed by atoms with Crippen molar-refractivity contribution < 1.29 is 4.79 Å². The Bertz CT molecular complexity index is 229. The van der Waals surface area contributed by atoms with E-state index in [-0.39, 0.29) is 18.3 Å². The summed E-state index contributed by atoms with van der Waals surface area (Å²) in [6.07, 6.45) is 5.65. The lowest BCUT2D eigenvalue weighted by molar-refractivity contribution is -0.122. The number of piperidine rings is 1. The highest BCUT2D eigenvalue weighted by atomic mass is 35.5. The van der Waals surface area contributed by atoms with Crippen LogP contribution in [-0.2, 0) is 4.79 Å². The van der Waals surface area contributed by atoms with Gasteiger partial charge in [0.15, 0.2) is 0 Å². The van der Waals surface area contributed by atoms with Gasteiger partial charge in [-0.3, -0.25) is 4.79 Å². The zero-order valence-corrected chi connectivity index (χ0v) is 11.9. The Kier molecular flexibility index (Phi) is 7.32. The van der Waals surface area contributed by atoms with Gasteiger partial charge in [0.05, 0.1) is 0 Å². The molecule has 3 nitrogen and oxygen atoms in total. The molecule has 2 rings (SSSR count). The van der Waals surface area contributed by atoms with E-state index in [4.69, 9.17) is 0 Å². The Morgan fingerprint density at radius 1 is 1.29 bits per heavy atom. The molecule has 2 saturated heterocycles. The summed E-state index contributed by atoms with van der Waals surface area (Å²) >= 11 is 2.01. The Morgan fingerprint density at radius 3 is 2.71 bits per heavy atom. The minimum absolute atomic E-state index is 0. The predicted molar refractivity (Wildman–Crippen MR) is 75.9 cm³/mol. The molecule has 0 saturated carbocycles. The summed E-state index contributed by atoms with van der Waals surface area (Å²) in [4.78, 5) is 11.7. The molecule has 2 heterocycles. The molecule has 2 fully saturated rings. The molecule has 5 heteroatoms. The minimum atomic E-state index is 0. The van der Waals surface area contributed by atoms with Gasteiger partial charge in [0, 0.05) is 18.2 Å². The highest BCUT2D eigenvalue weighted by Gasteiger charge is 2.19. The molecule has 0 aliphatic carbocycles. The number of carbonyl (C=O) groups is 1. The van der Waals surface area contributed by atoms with Crippen LogP contribution in [-0.4, -0.2) is 36.5 Å². The molecular weight excluding hydrogens is 256 g/mol. The number of hydrogen-bond acceptors (Lipinski definition) is 3. The lowest BCUT2D eigenvalue weighted by Gasteiger charge is -2.22. The average molecular weight is 279 g/mol. The van der Waals surface area contributed by atoms with Crippen molar-refractivity contribution in [3.8, 4) is 0 Å². The zero-order chi connectivity index (χ0) is 11.2. The second kappa shape index (κ2) is 8.22. The number of hydrogen-bond donors (Lipinski definition) is 2. The van der Waals surface area contributed by atoms with E-state index in [1.807, 2.05) is 11.8 Å². The first-order valence-electron chi connectivity index (χ1n) is 6.43. The summed E-state index contributed by atoms with van der Waals surface area (Å²) < 4.78 is 0. The van der Waals surface area contributed by atoms with Crippen molar-refractivity contribution in [3.05, 3.63) is 0 Å². The zero-order valence-electron chi connectivity index (χ0n) is 10.2. The van der Waals surface area contributed by atoms with Crippen LogP contribution >= 0.6 is 24.2 Å². The van der Waals surface area contributed by atoms with E-state index in [0.717, 1.165) is 38.9 Å². The molecule has 1 amide bonds. The molecule has 1 atom stereocenters. The minimum Gasteiger partial charge on any atom is -0.355 e. The van der Waals surface area contributed by atoms with Crippen molar-refractivity contribution in [1.29, 1.82) is 0 Å². The van der Waals surface area contributed by atoms with Crippen molar-refractivity contribution in [2.24, 2.45) is 5.92 Å². The summed E-state index contributed by atoms with van der Waals surface area (Å²) in [5.41, 5.74) is 0. The normalized spacial score (nSPS) is 25.3. The first kappa shape index (κ1) is 15.1. The Hall–Kier alpha value is 0.0700. The number of carbonyl (C=O) groups excluding carboxylic acids is 1. The fourth-order valence-corrected chi connectivity index (χ4v) is 3.65. The topological polar surface area (TPSA) is 41.1 Å². The number of rotatable bonds is 4. The second-order valence-corrected chi connectivity index (χ2v) is 6.24. The third-order valence-electron chi connectivity index (χ3n) is 3.48. The van der Waals surface area contributed by atoms with Gasteiger partial charge in [0.1, 0.15) is 0 Å². The first-order valence-corrected chi connectivity index (χ1v) is 7.48. The van der Waals surface area contributed by atoms with E-state index in [9.17, 15) is 4.79 Å².